The van der Waals surface area contributed by atoms with Crippen molar-refractivity contribution in [2.45, 2.75) is 6.18 Å². The van der Waals surface area contributed by atoms with Crippen LogP contribution < -0.4 is 0 Å². The Morgan fingerprint density at radius 1 is 1.00 bits per heavy atom. The van der Waals surface area contributed by atoms with Gasteiger partial charge < -0.3 is 0 Å². The molecule has 1 aromatic heterocycles. The van der Waals surface area contributed by atoms with E-state index in [-0.39, 0.29) is 9.99 Å². The van der Waals surface area contributed by atoms with Gasteiger partial charge in [0.2, 0.25) is 0 Å². The molecule has 6 heteroatoms. The molecule has 0 spiro atoms. The zero-order chi connectivity index (χ0) is 11.1. The Morgan fingerprint density at radius 3 is 2.07 bits per heavy atom. The first-order valence-electron chi connectivity index (χ1n) is 3.96. The van der Waals surface area contributed by atoms with Gasteiger partial charge in [-0.15, -0.1) is 0 Å². The van der Waals surface area contributed by atoms with Gasteiger partial charge in [0.1, 0.15) is 0 Å². The molecule has 0 unspecified atom stereocenters. The zero-order valence-electron chi connectivity index (χ0n) is 7.22. The normalized spacial score (nSPS) is 12.0. The summed E-state index contributed by atoms with van der Waals surface area (Å²) in [6.45, 7) is 0. The molecule has 1 aromatic carbocycles. The number of benzene rings is 1. The fourth-order valence-corrected chi connectivity index (χ4v) is 1.76. The number of aromatic nitrogens is 2. The van der Waals surface area contributed by atoms with Crippen molar-refractivity contribution in [3.8, 4) is 0 Å². The molecule has 0 saturated carbocycles. The van der Waals surface area contributed by atoms with E-state index in [0.29, 0.717) is 5.52 Å². The van der Waals surface area contributed by atoms with Crippen molar-refractivity contribution < 1.29 is 13.2 Å². The summed E-state index contributed by atoms with van der Waals surface area (Å²) in [4.78, 5) is 7.72. The molecule has 0 fully saturated rings. The molecule has 0 aliphatic rings. The number of rotatable bonds is 0. The Balaban J connectivity index is 2.73. The number of halogens is 4. The lowest BCUT2D eigenvalue weighted by molar-refractivity contribution is -0.138. The molecule has 15 heavy (non-hydrogen) atoms. The molecule has 2 aromatic rings. The molecule has 78 valence electrons. The molecule has 0 saturated heterocycles. The maximum atomic E-state index is 12.5. The van der Waals surface area contributed by atoms with Gasteiger partial charge >= 0.3 is 6.18 Å². The lowest BCUT2D eigenvalue weighted by Gasteiger charge is -2.09. The smallest absolute Gasteiger partial charge is 0.253 e. The molecule has 0 atom stereocenters. The van der Waals surface area contributed by atoms with Gasteiger partial charge in [-0.3, -0.25) is 9.97 Å². The van der Waals surface area contributed by atoms with Gasteiger partial charge in [0.25, 0.3) is 0 Å². The van der Waals surface area contributed by atoms with Crippen molar-refractivity contribution in [2.75, 3.05) is 0 Å². The first-order valence-corrected chi connectivity index (χ1v) is 4.75. The third kappa shape index (κ3) is 1.94. The summed E-state index contributed by atoms with van der Waals surface area (Å²) in [6.07, 6.45) is -1.59. The Bertz CT molecular complexity index is 510. The first-order chi connectivity index (χ1) is 6.98. The first kappa shape index (κ1) is 10.4. The standard InChI is InChI=1S/C9H4BrF3N2/c10-6-4-8-7(14-1-2-15-8)3-5(6)9(11,12)13/h1-4H. The van der Waals surface area contributed by atoms with E-state index in [1.807, 2.05) is 0 Å². The molecule has 1 heterocycles. The van der Waals surface area contributed by atoms with E-state index in [2.05, 4.69) is 25.9 Å². The van der Waals surface area contributed by atoms with Crippen molar-refractivity contribution in [3.63, 3.8) is 0 Å². The molecule has 0 aliphatic heterocycles. The SMILES string of the molecule is FC(F)(F)c1cc2nccnc2cc1Br. The van der Waals surface area contributed by atoms with Crippen molar-refractivity contribution in [2.24, 2.45) is 0 Å². The van der Waals surface area contributed by atoms with E-state index in [0.717, 1.165) is 6.07 Å². The van der Waals surface area contributed by atoms with Crippen LogP contribution in [-0.2, 0) is 6.18 Å². The topological polar surface area (TPSA) is 25.8 Å². The van der Waals surface area contributed by atoms with Crippen LogP contribution in [0.3, 0.4) is 0 Å². The molecular weight excluding hydrogens is 273 g/mol. The molecule has 0 amide bonds. The summed E-state index contributed by atoms with van der Waals surface area (Å²) in [6, 6.07) is 2.29. The summed E-state index contributed by atoms with van der Waals surface area (Å²) < 4.78 is 37.5. The van der Waals surface area contributed by atoms with Crippen molar-refractivity contribution in [1.29, 1.82) is 0 Å². The van der Waals surface area contributed by atoms with Gasteiger partial charge in [-0.2, -0.15) is 13.2 Å². The van der Waals surface area contributed by atoms with Gasteiger partial charge in [-0.1, -0.05) is 15.9 Å². The maximum Gasteiger partial charge on any atom is 0.417 e. The zero-order valence-corrected chi connectivity index (χ0v) is 8.80. The predicted molar refractivity (Wildman–Crippen MR) is 52.2 cm³/mol. The Kier molecular flexibility index (Phi) is 2.38. The van der Waals surface area contributed by atoms with E-state index in [4.69, 9.17) is 0 Å². The summed E-state index contributed by atoms with van der Waals surface area (Å²) in [5.74, 6) is 0. The second-order valence-electron chi connectivity index (χ2n) is 2.87. The van der Waals surface area contributed by atoms with Crippen LogP contribution in [0.2, 0.25) is 0 Å². The molecule has 0 bridgehead atoms. The summed E-state index contributed by atoms with van der Waals surface area (Å²) in [7, 11) is 0. The quantitative estimate of drug-likeness (QED) is 0.737. The maximum absolute atomic E-state index is 12.5. The van der Waals surface area contributed by atoms with Crippen molar-refractivity contribution in [3.05, 3.63) is 34.6 Å². The number of hydrogen-bond acceptors (Lipinski definition) is 2. The second-order valence-corrected chi connectivity index (χ2v) is 3.73. The van der Waals surface area contributed by atoms with Crippen LogP contribution in [0.1, 0.15) is 5.56 Å². The highest BCUT2D eigenvalue weighted by Gasteiger charge is 2.33. The summed E-state index contributed by atoms with van der Waals surface area (Å²) in [5, 5.41) is 0. The van der Waals surface area contributed by atoms with E-state index >= 15 is 0 Å². The highest BCUT2D eigenvalue weighted by atomic mass is 79.9. The van der Waals surface area contributed by atoms with Gasteiger partial charge in [0.15, 0.2) is 0 Å². The fraction of sp³-hybridized carbons (Fsp3) is 0.111. The van der Waals surface area contributed by atoms with Crippen LogP contribution in [0.25, 0.3) is 11.0 Å². The van der Waals surface area contributed by atoms with Crippen molar-refractivity contribution in [1.82, 2.24) is 9.97 Å². The predicted octanol–water partition coefficient (Wildman–Crippen LogP) is 3.41. The van der Waals surface area contributed by atoms with Crippen LogP contribution in [-0.4, -0.2) is 9.97 Å². The average molecular weight is 277 g/mol. The van der Waals surface area contributed by atoms with Gasteiger partial charge in [0, 0.05) is 16.9 Å². The highest BCUT2D eigenvalue weighted by molar-refractivity contribution is 9.10. The number of alkyl halides is 3. The molecule has 0 radical (unpaired) electrons. The Labute approximate surface area is 91.3 Å². The second kappa shape index (κ2) is 3.44. The van der Waals surface area contributed by atoms with Gasteiger partial charge in [-0.25, -0.2) is 0 Å². The molecule has 0 N–H and O–H groups in total. The molecule has 2 nitrogen and oxygen atoms in total. The number of hydrogen-bond donors (Lipinski definition) is 0. The third-order valence-corrected chi connectivity index (χ3v) is 2.52. The summed E-state index contributed by atoms with van der Waals surface area (Å²) >= 11 is 2.87. The van der Waals surface area contributed by atoms with E-state index in [1.165, 1.54) is 18.5 Å². The minimum atomic E-state index is -4.38. The Morgan fingerprint density at radius 2 is 1.53 bits per heavy atom. The van der Waals surface area contributed by atoms with E-state index in [9.17, 15) is 13.2 Å². The van der Waals surface area contributed by atoms with Gasteiger partial charge in [-0.05, 0) is 12.1 Å². The minimum absolute atomic E-state index is 0.0250. The molecule has 0 aliphatic carbocycles. The largest absolute Gasteiger partial charge is 0.417 e. The van der Waals surface area contributed by atoms with Crippen LogP contribution in [0.5, 0.6) is 0 Å². The van der Waals surface area contributed by atoms with Crippen LogP contribution in [0, 0.1) is 0 Å². The highest BCUT2D eigenvalue weighted by Crippen LogP contribution is 2.36. The monoisotopic (exact) mass is 276 g/mol. The lowest BCUT2D eigenvalue weighted by atomic mass is 10.2. The van der Waals surface area contributed by atoms with Crippen LogP contribution in [0.4, 0.5) is 13.2 Å². The summed E-state index contributed by atoms with van der Waals surface area (Å²) in [5.41, 5.74) is -0.0825. The fourth-order valence-electron chi connectivity index (χ4n) is 1.20. The minimum Gasteiger partial charge on any atom is -0.253 e. The van der Waals surface area contributed by atoms with E-state index in [1.54, 1.807) is 0 Å². The average Bonchev–Trinajstić information content (AvgIpc) is 2.15. The van der Waals surface area contributed by atoms with Crippen molar-refractivity contribution >= 4 is 27.0 Å². The van der Waals surface area contributed by atoms with Crippen LogP contribution in [0.15, 0.2) is 29.0 Å². The third-order valence-electron chi connectivity index (χ3n) is 1.86. The molecular formula is C9H4BrF3N2. The molecule has 2 rings (SSSR count). The Hall–Kier alpha value is -1.17. The van der Waals surface area contributed by atoms with E-state index < -0.39 is 11.7 Å². The van der Waals surface area contributed by atoms with Crippen LogP contribution >= 0.6 is 15.9 Å². The van der Waals surface area contributed by atoms with Gasteiger partial charge in [0.05, 0.1) is 16.6 Å². The number of fused-ring (bicyclic) bond motifs is 1. The number of nitrogens with zero attached hydrogens (tertiary/aromatic N) is 2. The lowest BCUT2D eigenvalue weighted by Crippen LogP contribution is -2.06.